The van der Waals surface area contributed by atoms with Gasteiger partial charge in [0.1, 0.15) is 12.1 Å². The molecule has 8 heteroatoms. The van der Waals surface area contributed by atoms with Crippen LogP contribution < -0.4 is 10.1 Å². The minimum atomic E-state index is -0.322. The molecule has 0 fully saturated rings. The highest BCUT2D eigenvalue weighted by Crippen LogP contribution is 2.28. The van der Waals surface area contributed by atoms with E-state index in [2.05, 4.69) is 15.5 Å². The first-order valence-corrected chi connectivity index (χ1v) is 8.38. The molecule has 0 unspecified atom stereocenters. The largest absolute Gasteiger partial charge is 0.495 e. The van der Waals surface area contributed by atoms with Crippen molar-refractivity contribution in [2.75, 3.05) is 12.4 Å². The fourth-order valence-corrected chi connectivity index (χ4v) is 3.08. The zero-order valence-electron chi connectivity index (χ0n) is 13.4. The second-order valence-electron chi connectivity index (χ2n) is 5.21. The van der Waals surface area contributed by atoms with Gasteiger partial charge in [-0.2, -0.15) is 0 Å². The number of halogens is 1. The van der Waals surface area contributed by atoms with Gasteiger partial charge in [0, 0.05) is 11.7 Å². The van der Waals surface area contributed by atoms with Crippen LogP contribution in [0, 0.1) is 0 Å². The lowest BCUT2D eigenvalue weighted by atomic mass is 10.3. The van der Waals surface area contributed by atoms with E-state index in [1.54, 1.807) is 31.6 Å². The number of carbonyl (C=O) groups is 1. The Kier molecular flexibility index (Phi) is 5.90. The van der Waals surface area contributed by atoms with Crippen molar-refractivity contribution in [3.63, 3.8) is 0 Å². The number of carbonyl (C=O) groups excluding carboxylic acids is 1. The molecule has 0 spiro atoms. The van der Waals surface area contributed by atoms with Gasteiger partial charge in [0.05, 0.1) is 17.4 Å². The zero-order chi connectivity index (χ0) is 17.0. The number of aromatic nitrogens is 3. The van der Waals surface area contributed by atoms with Gasteiger partial charge in [-0.1, -0.05) is 23.4 Å². The first-order valence-electron chi connectivity index (χ1n) is 7.13. The summed E-state index contributed by atoms with van der Waals surface area (Å²) in [6.07, 6.45) is 1.67. The van der Waals surface area contributed by atoms with Gasteiger partial charge in [0.15, 0.2) is 5.16 Å². The molecular formula is C15H19ClN4O2S. The van der Waals surface area contributed by atoms with Gasteiger partial charge in [0.25, 0.3) is 0 Å². The fraction of sp³-hybridized carbons (Fsp3) is 0.400. The maximum absolute atomic E-state index is 12.3. The highest BCUT2D eigenvalue weighted by atomic mass is 35.5. The summed E-state index contributed by atoms with van der Waals surface area (Å²) >= 11 is 7.42. The van der Waals surface area contributed by atoms with Crippen LogP contribution in [-0.2, 0) is 4.79 Å². The molecule has 0 aliphatic heterocycles. The lowest BCUT2D eigenvalue weighted by molar-refractivity contribution is -0.115. The third kappa shape index (κ3) is 4.39. The summed E-state index contributed by atoms with van der Waals surface area (Å²) in [5.41, 5.74) is 0.624. The second-order valence-corrected chi connectivity index (χ2v) is 6.93. The molecule has 1 aromatic carbocycles. The average Bonchev–Trinajstić information content (AvgIpc) is 2.95. The summed E-state index contributed by atoms with van der Waals surface area (Å²) in [4.78, 5) is 12.3. The van der Waals surface area contributed by atoms with Crippen LogP contribution in [0.4, 0.5) is 5.69 Å². The smallest absolute Gasteiger partial charge is 0.237 e. The molecule has 0 radical (unpaired) electrons. The van der Waals surface area contributed by atoms with E-state index in [9.17, 15) is 4.79 Å². The van der Waals surface area contributed by atoms with Crippen molar-refractivity contribution in [1.82, 2.24) is 14.8 Å². The topological polar surface area (TPSA) is 69.0 Å². The van der Waals surface area contributed by atoms with Crippen LogP contribution in [0.5, 0.6) is 5.75 Å². The van der Waals surface area contributed by atoms with Crippen molar-refractivity contribution >= 4 is 35.0 Å². The van der Waals surface area contributed by atoms with Crippen LogP contribution in [0.1, 0.15) is 26.8 Å². The van der Waals surface area contributed by atoms with Crippen LogP contribution in [0.25, 0.3) is 0 Å². The Bertz CT molecular complexity index is 690. The number of anilines is 1. The number of methoxy groups -OCH3 is 1. The van der Waals surface area contributed by atoms with Crippen molar-refractivity contribution < 1.29 is 9.53 Å². The normalized spacial score (nSPS) is 12.3. The van der Waals surface area contributed by atoms with Gasteiger partial charge < -0.3 is 14.6 Å². The standard InChI is InChI=1S/C15H19ClN4O2S/c1-9(2)20-8-17-19-15(20)23-10(3)14(21)18-11-5-6-13(22-4)12(16)7-11/h5-10H,1-4H3,(H,18,21)/t10-/m1/s1. The average molecular weight is 355 g/mol. The Morgan fingerprint density at radius 1 is 1.39 bits per heavy atom. The van der Waals surface area contributed by atoms with Crippen LogP contribution in [0.2, 0.25) is 5.02 Å². The Hall–Kier alpha value is -1.73. The number of hydrogen-bond donors (Lipinski definition) is 1. The predicted molar refractivity (Wildman–Crippen MR) is 92.4 cm³/mol. The van der Waals surface area contributed by atoms with E-state index in [0.717, 1.165) is 5.16 Å². The lowest BCUT2D eigenvalue weighted by Gasteiger charge is -2.14. The van der Waals surface area contributed by atoms with Gasteiger partial charge in [0.2, 0.25) is 5.91 Å². The molecule has 23 heavy (non-hydrogen) atoms. The maximum atomic E-state index is 12.3. The summed E-state index contributed by atoms with van der Waals surface area (Å²) in [6, 6.07) is 5.36. The minimum absolute atomic E-state index is 0.130. The van der Waals surface area contributed by atoms with E-state index >= 15 is 0 Å². The molecule has 0 bridgehead atoms. The van der Waals surface area contributed by atoms with Crippen LogP contribution in [-0.4, -0.2) is 33.0 Å². The molecule has 1 aromatic heterocycles. The van der Waals surface area contributed by atoms with Crippen molar-refractivity contribution in [2.24, 2.45) is 0 Å². The van der Waals surface area contributed by atoms with Crippen molar-refractivity contribution in [2.45, 2.75) is 37.2 Å². The Labute approximate surface area is 144 Å². The van der Waals surface area contributed by atoms with E-state index in [4.69, 9.17) is 16.3 Å². The zero-order valence-corrected chi connectivity index (χ0v) is 15.0. The first kappa shape index (κ1) is 17.6. The molecule has 1 N–H and O–H groups in total. The third-order valence-electron chi connectivity index (χ3n) is 3.17. The summed E-state index contributed by atoms with van der Waals surface area (Å²) < 4.78 is 7.02. The lowest BCUT2D eigenvalue weighted by Crippen LogP contribution is -2.23. The molecular weight excluding hydrogens is 336 g/mol. The number of thioether (sulfide) groups is 1. The molecule has 2 aromatic rings. The number of nitrogens with one attached hydrogen (secondary N) is 1. The second kappa shape index (κ2) is 7.70. The first-order chi connectivity index (χ1) is 10.9. The van der Waals surface area contributed by atoms with E-state index in [1.165, 1.54) is 11.8 Å². The van der Waals surface area contributed by atoms with Gasteiger partial charge in [-0.15, -0.1) is 10.2 Å². The molecule has 0 saturated heterocycles. The number of rotatable bonds is 6. The molecule has 1 atom stereocenters. The van der Waals surface area contributed by atoms with E-state index in [-0.39, 0.29) is 17.2 Å². The van der Waals surface area contributed by atoms with E-state index < -0.39 is 0 Å². The Morgan fingerprint density at radius 3 is 2.74 bits per heavy atom. The molecule has 2 rings (SSSR count). The quantitative estimate of drug-likeness (QED) is 0.802. The summed E-state index contributed by atoms with van der Waals surface area (Å²) in [6.45, 7) is 5.90. The molecule has 0 aliphatic carbocycles. The van der Waals surface area contributed by atoms with Crippen molar-refractivity contribution in [3.8, 4) is 5.75 Å². The molecule has 0 saturated carbocycles. The van der Waals surface area contributed by atoms with Gasteiger partial charge in [-0.05, 0) is 39.0 Å². The highest BCUT2D eigenvalue weighted by molar-refractivity contribution is 8.00. The van der Waals surface area contributed by atoms with Crippen LogP contribution >= 0.6 is 23.4 Å². The highest BCUT2D eigenvalue weighted by Gasteiger charge is 2.19. The van der Waals surface area contributed by atoms with E-state index in [1.807, 2.05) is 25.3 Å². The van der Waals surface area contributed by atoms with Crippen LogP contribution in [0.15, 0.2) is 29.7 Å². The number of hydrogen-bond acceptors (Lipinski definition) is 5. The van der Waals surface area contributed by atoms with Crippen molar-refractivity contribution in [1.29, 1.82) is 0 Å². The molecule has 6 nitrogen and oxygen atoms in total. The summed E-state index contributed by atoms with van der Waals surface area (Å²) in [7, 11) is 1.54. The van der Waals surface area contributed by atoms with Gasteiger partial charge in [-0.25, -0.2) is 0 Å². The van der Waals surface area contributed by atoms with Gasteiger partial charge in [-0.3, -0.25) is 4.79 Å². The molecule has 1 amide bonds. The fourth-order valence-electron chi connectivity index (χ4n) is 1.87. The third-order valence-corrected chi connectivity index (χ3v) is 4.53. The molecule has 0 aliphatic rings. The van der Waals surface area contributed by atoms with Gasteiger partial charge >= 0.3 is 0 Å². The SMILES string of the molecule is COc1ccc(NC(=O)[C@@H](C)Sc2nncn2C(C)C)cc1Cl. The monoisotopic (exact) mass is 354 g/mol. The van der Waals surface area contributed by atoms with Crippen LogP contribution in [0.3, 0.4) is 0 Å². The maximum Gasteiger partial charge on any atom is 0.237 e. The number of ether oxygens (including phenoxy) is 1. The number of benzene rings is 1. The molecule has 1 heterocycles. The molecule has 124 valence electrons. The Morgan fingerprint density at radius 2 is 2.13 bits per heavy atom. The predicted octanol–water partition coefficient (Wildman–Crippen LogP) is 3.64. The van der Waals surface area contributed by atoms with E-state index in [0.29, 0.717) is 16.5 Å². The minimum Gasteiger partial charge on any atom is -0.495 e. The summed E-state index contributed by atoms with van der Waals surface area (Å²) in [5.74, 6) is 0.437. The number of amides is 1. The van der Waals surface area contributed by atoms with Crippen molar-refractivity contribution in [3.05, 3.63) is 29.5 Å². The summed E-state index contributed by atoms with van der Waals surface area (Å²) in [5, 5.41) is 11.6. The Balaban J connectivity index is 2.02. The number of nitrogens with zero attached hydrogens (tertiary/aromatic N) is 3.